The van der Waals surface area contributed by atoms with Crippen LogP contribution in [0.15, 0.2) is 83.0 Å². The van der Waals surface area contributed by atoms with Crippen molar-refractivity contribution in [3.05, 3.63) is 101 Å². The van der Waals surface area contributed by atoms with E-state index in [-0.39, 0.29) is 5.82 Å². The molecule has 176 valence electrons. The first kappa shape index (κ1) is 22.7. The second-order valence-electron chi connectivity index (χ2n) is 8.26. The minimum Gasteiger partial charge on any atom is -0.497 e. The second-order valence-corrected chi connectivity index (χ2v) is 8.65. The summed E-state index contributed by atoms with van der Waals surface area (Å²) >= 11 is 5.75. The highest BCUT2D eigenvalue weighted by Gasteiger charge is 2.35. The van der Waals surface area contributed by atoms with Crippen molar-refractivity contribution in [2.24, 2.45) is 0 Å². The molecule has 35 heavy (non-hydrogen) atoms. The van der Waals surface area contributed by atoms with Gasteiger partial charge in [0.15, 0.2) is 5.11 Å². The molecule has 5 rings (SSSR count). The van der Waals surface area contributed by atoms with E-state index in [9.17, 15) is 4.39 Å². The molecule has 0 spiro atoms. The Balaban J connectivity index is 1.65. The number of nitrogens with zero attached hydrogens (tertiary/aromatic N) is 3. The number of halogens is 1. The van der Waals surface area contributed by atoms with Crippen molar-refractivity contribution in [3.8, 4) is 17.1 Å². The van der Waals surface area contributed by atoms with Crippen LogP contribution in [0, 0.1) is 12.7 Å². The van der Waals surface area contributed by atoms with Crippen molar-refractivity contribution in [1.82, 2.24) is 15.5 Å². The van der Waals surface area contributed by atoms with E-state index in [0.717, 1.165) is 28.3 Å². The summed E-state index contributed by atoms with van der Waals surface area (Å²) in [5.74, 6) is 1.22. The van der Waals surface area contributed by atoms with E-state index in [1.54, 1.807) is 13.2 Å². The number of hydrogen-bond donors (Lipinski definition) is 1. The molecule has 0 fully saturated rings. The lowest BCUT2D eigenvalue weighted by molar-refractivity contribution is 0.404. The van der Waals surface area contributed by atoms with E-state index in [1.807, 2.05) is 73.3 Å². The summed E-state index contributed by atoms with van der Waals surface area (Å²) < 4.78 is 25.2. The van der Waals surface area contributed by atoms with Crippen LogP contribution < -0.4 is 15.0 Å². The highest BCUT2D eigenvalue weighted by atomic mass is 32.1. The van der Waals surface area contributed by atoms with Crippen LogP contribution in [0.1, 0.15) is 30.0 Å². The van der Waals surface area contributed by atoms with Gasteiger partial charge in [0.1, 0.15) is 11.6 Å². The minimum absolute atomic E-state index is 0.335. The highest BCUT2D eigenvalue weighted by molar-refractivity contribution is 7.80. The molecule has 1 N–H and O–H groups in total. The summed E-state index contributed by atoms with van der Waals surface area (Å²) in [6, 6.07) is 21.4. The second kappa shape index (κ2) is 9.31. The fourth-order valence-electron chi connectivity index (χ4n) is 4.23. The van der Waals surface area contributed by atoms with Gasteiger partial charge in [-0.2, -0.15) is 4.98 Å². The number of thiocarbonyl (C=S) groups is 1. The summed E-state index contributed by atoms with van der Waals surface area (Å²) in [6.45, 7) is 3.95. The first-order valence-corrected chi connectivity index (χ1v) is 11.5. The van der Waals surface area contributed by atoms with Crippen molar-refractivity contribution in [2.75, 3.05) is 12.0 Å². The summed E-state index contributed by atoms with van der Waals surface area (Å²) in [6.07, 6.45) is 0. The van der Waals surface area contributed by atoms with Crippen molar-refractivity contribution in [2.45, 2.75) is 19.9 Å². The van der Waals surface area contributed by atoms with Gasteiger partial charge in [0.25, 0.3) is 5.89 Å². The molecule has 0 aliphatic carbocycles. The molecular formula is C27H23FN4O2S. The van der Waals surface area contributed by atoms with Gasteiger partial charge in [0, 0.05) is 16.9 Å². The topological polar surface area (TPSA) is 63.4 Å². The monoisotopic (exact) mass is 486 g/mol. The van der Waals surface area contributed by atoms with E-state index in [0.29, 0.717) is 28.0 Å². The van der Waals surface area contributed by atoms with Gasteiger partial charge in [-0.25, -0.2) is 4.39 Å². The molecule has 3 aromatic carbocycles. The van der Waals surface area contributed by atoms with Gasteiger partial charge in [0.2, 0.25) is 5.82 Å². The van der Waals surface area contributed by atoms with Crippen LogP contribution in [0.5, 0.6) is 5.75 Å². The normalized spacial score (nSPS) is 15.8. The van der Waals surface area contributed by atoms with Gasteiger partial charge in [-0.1, -0.05) is 41.1 Å². The van der Waals surface area contributed by atoms with Crippen LogP contribution in [0.4, 0.5) is 10.1 Å². The van der Waals surface area contributed by atoms with Gasteiger partial charge in [0.05, 0.1) is 18.7 Å². The molecule has 8 heteroatoms. The summed E-state index contributed by atoms with van der Waals surface area (Å²) in [5, 5.41) is 8.06. The summed E-state index contributed by atoms with van der Waals surface area (Å²) in [7, 11) is 1.62. The molecule has 1 atom stereocenters. The average molecular weight is 487 g/mol. The molecule has 1 aliphatic heterocycles. The molecule has 0 saturated heterocycles. The zero-order chi connectivity index (χ0) is 24.5. The third-order valence-electron chi connectivity index (χ3n) is 5.93. The third kappa shape index (κ3) is 4.40. The summed E-state index contributed by atoms with van der Waals surface area (Å²) in [4.78, 5) is 6.61. The SMILES string of the molecule is COc1ccc(N2C(=S)NC(c3cccc(F)c3)C(c3nc(-c4cccc(C)c4)no3)=C2C)cc1. The highest BCUT2D eigenvalue weighted by Crippen LogP contribution is 2.39. The average Bonchev–Trinajstić information content (AvgIpc) is 3.34. The van der Waals surface area contributed by atoms with Gasteiger partial charge in [-0.05, 0) is 74.1 Å². The van der Waals surface area contributed by atoms with Gasteiger partial charge < -0.3 is 14.6 Å². The Morgan fingerprint density at radius 2 is 1.80 bits per heavy atom. The first-order chi connectivity index (χ1) is 16.9. The Morgan fingerprint density at radius 1 is 1.03 bits per heavy atom. The van der Waals surface area contributed by atoms with E-state index >= 15 is 0 Å². The lowest BCUT2D eigenvalue weighted by Crippen LogP contribution is -2.46. The molecule has 1 aliphatic rings. The molecule has 4 aromatic rings. The van der Waals surface area contributed by atoms with Crippen LogP contribution in [0.3, 0.4) is 0 Å². The van der Waals surface area contributed by atoms with Crippen molar-refractivity contribution < 1.29 is 13.7 Å². The molecule has 0 bridgehead atoms. The number of ether oxygens (including phenoxy) is 1. The molecule has 2 heterocycles. The van der Waals surface area contributed by atoms with Crippen LogP contribution in [-0.4, -0.2) is 22.4 Å². The Morgan fingerprint density at radius 3 is 2.51 bits per heavy atom. The smallest absolute Gasteiger partial charge is 0.258 e. The van der Waals surface area contributed by atoms with Crippen LogP contribution in [0.25, 0.3) is 17.0 Å². The standard InChI is InChI=1S/C27H23FN4O2S/c1-16-6-4-8-19(14-16)25-30-26(34-31-25)23-17(2)32(21-10-12-22(33-3)13-11-21)27(35)29-24(23)18-7-5-9-20(28)15-18/h4-15,24H,1-3H3,(H,29,35). The fraction of sp³-hybridized carbons (Fsp3) is 0.148. The van der Waals surface area contributed by atoms with Crippen molar-refractivity contribution in [3.63, 3.8) is 0 Å². The number of anilines is 1. The van der Waals surface area contributed by atoms with Gasteiger partial charge in [-0.15, -0.1) is 0 Å². The zero-order valence-electron chi connectivity index (χ0n) is 19.4. The molecule has 0 radical (unpaired) electrons. The maximum atomic E-state index is 14.2. The van der Waals surface area contributed by atoms with E-state index in [4.69, 9.17) is 26.5 Å². The molecule has 1 aromatic heterocycles. The molecule has 0 amide bonds. The van der Waals surface area contributed by atoms with Crippen LogP contribution >= 0.6 is 12.2 Å². The maximum absolute atomic E-state index is 14.2. The van der Waals surface area contributed by atoms with Crippen LogP contribution in [-0.2, 0) is 0 Å². The third-order valence-corrected chi connectivity index (χ3v) is 6.23. The van der Waals surface area contributed by atoms with Gasteiger partial charge in [-0.3, -0.25) is 4.90 Å². The fourth-order valence-corrected chi connectivity index (χ4v) is 4.59. The number of aromatic nitrogens is 2. The predicted octanol–water partition coefficient (Wildman–Crippen LogP) is 6.06. The summed E-state index contributed by atoms with van der Waals surface area (Å²) in [5.41, 5.74) is 5.00. The van der Waals surface area contributed by atoms with Gasteiger partial charge >= 0.3 is 0 Å². The van der Waals surface area contributed by atoms with E-state index in [2.05, 4.69) is 10.5 Å². The number of aryl methyl sites for hydroxylation is 1. The molecular weight excluding hydrogens is 463 g/mol. The lowest BCUT2D eigenvalue weighted by Gasteiger charge is -2.37. The Labute approximate surface area is 208 Å². The number of rotatable bonds is 5. The van der Waals surface area contributed by atoms with Crippen LogP contribution in [0.2, 0.25) is 0 Å². The first-order valence-electron chi connectivity index (χ1n) is 11.1. The Hall–Kier alpha value is -4.04. The maximum Gasteiger partial charge on any atom is 0.258 e. The lowest BCUT2D eigenvalue weighted by atomic mass is 9.94. The largest absolute Gasteiger partial charge is 0.497 e. The quantitative estimate of drug-likeness (QED) is 0.344. The number of allylic oxidation sites excluding steroid dienone is 1. The number of benzene rings is 3. The van der Waals surface area contributed by atoms with Crippen molar-refractivity contribution in [1.29, 1.82) is 0 Å². The van der Waals surface area contributed by atoms with E-state index in [1.165, 1.54) is 12.1 Å². The van der Waals surface area contributed by atoms with Crippen molar-refractivity contribution >= 4 is 28.6 Å². The number of nitrogens with one attached hydrogen (secondary N) is 1. The Bertz CT molecular complexity index is 1430. The molecule has 0 saturated carbocycles. The zero-order valence-corrected chi connectivity index (χ0v) is 20.3. The molecule has 1 unspecified atom stereocenters. The molecule has 6 nitrogen and oxygen atoms in total. The van der Waals surface area contributed by atoms with E-state index < -0.39 is 6.04 Å². The number of methoxy groups -OCH3 is 1. The minimum atomic E-state index is -0.474. The number of hydrogen-bond acceptors (Lipinski definition) is 5. The Kier molecular flexibility index (Phi) is 6.05. The predicted molar refractivity (Wildman–Crippen MR) is 137 cm³/mol.